The Kier molecular flexibility index (Phi) is 9.00. The van der Waals surface area contributed by atoms with E-state index in [0.717, 1.165) is 11.0 Å². The van der Waals surface area contributed by atoms with Crippen LogP contribution in [0, 0.1) is 101 Å². The molecule has 3 nitrogen and oxygen atoms in total. The van der Waals surface area contributed by atoms with E-state index in [0.29, 0.717) is 5.95 Å². The summed E-state index contributed by atoms with van der Waals surface area (Å²) in [7, 11) is 0. The average Bonchev–Trinajstić information content (AvgIpc) is 3.37. The lowest BCUT2D eigenvalue weighted by Crippen LogP contribution is -2.60. The fourth-order valence-electron chi connectivity index (χ4n) is 4.35. The predicted molar refractivity (Wildman–Crippen MR) is 133 cm³/mol. The molecule has 4 aromatic carbocycles. The summed E-state index contributed by atoms with van der Waals surface area (Å²) in [5, 5.41) is 0. The molecule has 0 aliphatic rings. The van der Waals surface area contributed by atoms with Crippen molar-refractivity contribution in [1.29, 1.82) is 0 Å². The number of nitrogens with zero attached hydrogens (tertiary/aromatic N) is 1. The number of imidazole rings is 1. The number of rotatable bonds is 3. The highest BCUT2D eigenvalue weighted by atomic mass is 19.2. The Morgan fingerprint density at radius 3 is 1.02 bits per heavy atom. The third-order valence-corrected chi connectivity index (χ3v) is 6.71. The van der Waals surface area contributed by atoms with Crippen molar-refractivity contribution in [3.05, 3.63) is 111 Å². The third-order valence-electron chi connectivity index (χ3n) is 6.71. The first-order valence-electron chi connectivity index (χ1n) is 12.1. The summed E-state index contributed by atoms with van der Waals surface area (Å²) >= 11 is 0. The van der Waals surface area contributed by atoms with Gasteiger partial charge in [0, 0.05) is 16.4 Å². The highest BCUT2D eigenvalue weighted by molar-refractivity contribution is 6.95. The summed E-state index contributed by atoms with van der Waals surface area (Å²) < 4.78 is 209. The number of hydrogen-bond donors (Lipinski definition) is 2. The summed E-state index contributed by atoms with van der Waals surface area (Å²) in [6, 6.07) is 4.10. The summed E-state index contributed by atoms with van der Waals surface area (Å²) in [5.74, 6) is -44.7. The molecule has 0 spiro atoms. The Hall–Kier alpha value is -4.84. The van der Waals surface area contributed by atoms with Gasteiger partial charge in [0.1, 0.15) is 0 Å². The highest BCUT2D eigenvalue weighted by Gasteiger charge is 2.45. The molecule has 19 heteroatoms. The molecule has 0 unspecified atom stereocenters. The number of nitrogen functional groups attached to an aromatic ring is 1. The first kappa shape index (κ1) is 34.0. The monoisotopic (exact) mass is 673 g/mol. The van der Waals surface area contributed by atoms with E-state index in [4.69, 9.17) is 5.73 Å². The van der Waals surface area contributed by atoms with Crippen LogP contribution < -0.4 is 22.1 Å². The minimum absolute atomic E-state index is 0.481. The molecule has 0 radical (unpaired) electrons. The lowest BCUT2D eigenvalue weighted by atomic mass is 9.36. The van der Waals surface area contributed by atoms with E-state index in [-0.39, 0.29) is 0 Å². The molecular formula is C27H11BF15N3. The lowest BCUT2D eigenvalue weighted by Gasteiger charge is -2.21. The molecule has 0 bridgehead atoms. The van der Waals surface area contributed by atoms with Gasteiger partial charge in [0.2, 0.25) is 0 Å². The number of halogens is 15. The molecule has 1 heterocycles. The van der Waals surface area contributed by atoms with Gasteiger partial charge in [0.25, 0.3) is 6.71 Å². The Morgan fingerprint density at radius 1 is 0.457 bits per heavy atom. The summed E-state index contributed by atoms with van der Waals surface area (Å²) in [4.78, 5) is 7.13. The number of aromatic nitrogens is 2. The second-order valence-electron chi connectivity index (χ2n) is 9.46. The minimum atomic E-state index is -3.96. The van der Waals surface area contributed by atoms with Crippen molar-refractivity contribution < 1.29 is 65.9 Å². The maximum Gasteiger partial charge on any atom is 0.265 e. The van der Waals surface area contributed by atoms with E-state index in [9.17, 15) is 65.9 Å². The molecule has 5 rings (SSSR count). The van der Waals surface area contributed by atoms with E-state index >= 15 is 0 Å². The number of nitrogens with two attached hydrogens (primary N) is 1. The molecule has 46 heavy (non-hydrogen) atoms. The fraction of sp³-hybridized carbons (Fsp3) is 0.0741. The van der Waals surface area contributed by atoms with Gasteiger partial charge < -0.3 is 10.7 Å². The molecule has 242 valence electrons. The second-order valence-corrected chi connectivity index (χ2v) is 9.46. The van der Waals surface area contributed by atoms with Gasteiger partial charge in [-0.15, -0.1) is 0 Å². The molecule has 5 aromatic rings. The first-order valence-corrected chi connectivity index (χ1v) is 12.1. The smallest absolute Gasteiger partial charge is 0.265 e. The molecule has 0 fully saturated rings. The average molecular weight is 673 g/mol. The van der Waals surface area contributed by atoms with E-state index in [2.05, 4.69) is 29.9 Å². The van der Waals surface area contributed by atoms with E-state index in [1.54, 1.807) is 0 Å². The zero-order chi connectivity index (χ0) is 34.7. The highest BCUT2D eigenvalue weighted by Crippen LogP contribution is 2.24. The quantitative estimate of drug-likeness (QED) is 0.106. The van der Waals surface area contributed by atoms with E-state index in [1.165, 1.54) is 11.1 Å². The van der Waals surface area contributed by atoms with Gasteiger partial charge in [0.15, 0.2) is 93.2 Å². The predicted octanol–water partition coefficient (Wildman–Crippen LogP) is 6.05. The van der Waals surface area contributed by atoms with Gasteiger partial charge in [-0.25, -0.2) is 70.8 Å². The summed E-state index contributed by atoms with van der Waals surface area (Å²) in [5.41, 5.74) is 1.94. The number of aryl methyl sites for hydroxylation is 2. The number of nitrogens with one attached hydrogen (secondary N) is 1. The first-order chi connectivity index (χ1) is 21.3. The standard InChI is InChI=1S/C18BF15.C9H11N3/c20-4-1(5(21)11(27)16(32)10(4)26)19(2-6(22)12(28)17(33)13(29)7(2)23)3-8(24)14(30)18(34)15(31)9(3)25;1-5-3-7-8(4-6(5)2)12-9(10)11-7/h;3-4H,1-2H3,(H3,10,11,12). The van der Waals surface area contributed by atoms with Crippen LogP contribution in [-0.2, 0) is 0 Å². The molecule has 0 aliphatic heterocycles. The van der Waals surface area contributed by atoms with Crippen molar-refractivity contribution in [1.82, 2.24) is 9.97 Å². The van der Waals surface area contributed by atoms with Gasteiger partial charge in [-0.1, -0.05) is 0 Å². The fourth-order valence-corrected chi connectivity index (χ4v) is 4.35. The van der Waals surface area contributed by atoms with Crippen molar-refractivity contribution in [2.24, 2.45) is 0 Å². The van der Waals surface area contributed by atoms with Crippen molar-refractivity contribution in [2.45, 2.75) is 13.8 Å². The SMILES string of the molecule is Cc1cc2nc(N)[nH]c2cc1C.Fc1c(F)c(F)c(B(c2c(F)c(F)c(F)c(F)c2F)c2c(F)c(F)c(F)c(F)c2F)c(F)c1F. The Balaban J connectivity index is 0.000000331. The zero-order valence-electron chi connectivity index (χ0n) is 22.4. The maximum absolute atomic E-state index is 14.4. The van der Waals surface area contributed by atoms with Crippen molar-refractivity contribution in [3.8, 4) is 0 Å². The van der Waals surface area contributed by atoms with Gasteiger partial charge in [-0.3, -0.25) is 0 Å². The largest absolute Gasteiger partial charge is 0.369 e. The molecule has 0 amide bonds. The van der Waals surface area contributed by atoms with Crippen LogP contribution in [0.25, 0.3) is 11.0 Å². The summed E-state index contributed by atoms with van der Waals surface area (Å²) in [6.45, 7) is 0.185. The molecule has 0 saturated heterocycles. The molecule has 0 aliphatic carbocycles. The maximum atomic E-state index is 14.4. The number of benzene rings is 4. The van der Waals surface area contributed by atoms with Crippen molar-refractivity contribution in [2.75, 3.05) is 5.73 Å². The normalized spacial score (nSPS) is 11.2. The Labute approximate surface area is 246 Å². The molecule has 3 N–H and O–H groups in total. The van der Waals surface area contributed by atoms with Gasteiger partial charge in [-0.2, -0.15) is 0 Å². The van der Waals surface area contributed by atoms with Crippen LogP contribution >= 0.6 is 0 Å². The molecule has 0 saturated carbocycles. The van der Waals surface area contributed by atoms with Gasteiger partial charge >= 0.3 is 0 Å². The summed E-state index contributed by atoms with van der Waals surface area (Å²) in [6.07, 6.45) is 0. The van der Waals surface area contributed by atoms with Crippen molar-refractivity contribution >= 4 is 40.1 Å². The number of anilines is 1. The molecule has 0 atom stereocenters. The van der Waals surface area contributed by atoms with Crippen LogP contribution in [0.4, 0.5) is 71.8 Å². The van der Waals surface area contributed by atoms with Crippen LogP contribution in [0.15, 0.2) is 12.1 Å². The van der Waals surface area contributed by atoms with Crippen LogP contribution in [0.5, 0.6) is 0 Å². The van der Waals surface area contributed by atoms with Crippen molar-refractivity contribution in [3.63, 3.8) is 0 Å². The van der Waals surface area contributed by atoms with Gasteiger partial charge in [0.05, 0.1) is 11.0 Å². The van der Waals surface area contributed by atoms with Crippen LogP contribution in [0.2, 0.25) is 0 Å². The Morgan fingerprint density at radius 2 is 0.717 bits per heavy atom. The van der Waals surface area contributed by atoms with E-state index < -0.39 is 110 Å². The van der Waals surface area contributed by atoms with E-state index in [1.807, 2.05) is 6.07 Å². The zero-order valence-corrected chi connectivity index (χ0v) is 22.4. The Bertz CT molecular complexity index is 1770. The third kappa shape index (κ3) is 5.36. The van der Waals surface area contributed by atoms with Crippen LogP contribution in [0.3, 0.4) is 0 Å². The number of H-pyrrole nitrogens is 1. The topological polar surface area (TPSA) is 54.7 Å². The number of hydrogen-bond acceptors (Lipinski definition) is 2. The van der Waals surface area contributed by atoms with Crippen LogP contribution in [-0.4, -0.2) is 16.7 Å². The van der Waals surface area contributed by atoms with Gasteiger partial charge in [-0.05, 0) is 37.1 Å². The minimum Gasteiger partial charge on any atom is -0.369 e. The molecule has 1 aromatic heterocycles. The second kappa shape index (κ2) is 12.2. The lowest BCUT2D eigenvalue weighted by molar-refractivity contribution is 0.380. The van der Waals surface area contributed by atoms with Crippen LogP contribution in [0.1, 0.15) is 11.1 Å². The number of aromatic amines is 1. The number of fused-ring (bicyclic) bond motifs is 1. The molecular weight excluding hydrogens is 662 g/mol.